The number of halogens is 1. The molecule has 0 radical (unpaired) electrons. The number of rotatable bonds is 5. The molecule has 0 unspecified atom stereocenters. The van der Waals surface area contributed by atoms with Crippen LogP contribution in [-0.2, 0) is 0 Å². The van der Waals surface area contributed by atoms with Crippen LogP contribution in [0.15, 0.2) is 35.5 Å². The van der Waals surface area contributed by atoms with Gasteiger partial charge in [-0.05, 0) is 25.0 Å². The van der Waals surface area contributed by atoms with Crippen molar-refractivity contribution in [3.63, 3.8) is 0 Å². The maximum atomic E-state index is 12.2. The van der Waals surface area contributed by atoms with Crippen molar-refractivity contribution in [2.45, 2.75) is 18.9 Å². The second kappa shape index (κ2) is 9.01. The summed E-state index contributed by atoms with van der Waals surface area (Å²) < 4.78 is 2.24. The van der Waals surface area contributed by atoms with Gasteiger partial charge >= 0.3 is 6.03 Å². The Bertz CT molecular complexity index is 860. The predicted octanol–water partition coefficient (Wildman–Crippen LogP) is 1.73. The number of urea groups is 1. The Hall–Kier alpha value is -2.39. The largest absolute Gasteiger partial charge is 0.350 e. The molecule has 0 saturated carbocycles. The van der Waals surface area contributed by atoms with E-state index in [1.807, 2.05) is 0 Å². The fraction of sp³-hybridized carbons (Fsp3) is 0.412. The maximum absolute atomic E-state index is 12.2. The van der Waals surface area contributed by atoms with E-state index in [0.29, 0.717) is 48.2 Å². The van der Waals surface area contributed by atoms with E-state index in [2.05, 4.69) is 15.6 Å². The lowest BCUT2D eigenvalue weighted by atomic mass is 10.1. The van der Waals surface area contributed by atoms with Crippen LogP contribution in [0, 0.1) is 0 Å². The van der Waals surface area contributed by atoms with E-state index >= 15 is 0 Å². The first-order valence-electron chi connectivity index (χ1n) is 8.63. The fourth-order valence-corrected chi connectivity index (χ4v) is 3.95. The molecule has 27 heavy (non-hydrogen) atoms. The van der Waals surface area contributed by atoms with Gasteiger partial charge in [0.1, 0.15) is 0 Å². The van der Waals surface area contributed by atoms with Crippen LogP contribution >= 0.6 is 22.9 Å². The molecular formula is C17H20ClN5O3S. The minimum atomic E-state index is -0.204. The smallest absolute Gasteiger partial charge is 0.317 e. The van der Waals surface area contributed by atoms with E-state index in [4.69, 9.17) is 11.6 Å². The number of hydrogen-bond donors (Lipinski definition) is 2. The minimum absolute atomic E-state index is 0.0847. The third-order valence-corrected chi connectivity index (χ3v) is 5.61. The number of hydrogen-bond acceptors (Lipinski definition) is 5. The Balaban J connectivity index is 1.38. The fourth-order valence-electron chi connectivity index (χ4n) is 2.99. The second-order valence-corrected chi connectivity index (χ2v) is 7.85. The molecule has 0 aliphatic carbocycles. The van der Waals surface area contributed by atoms with E-state index < -0.39 is 0 Å². The molecule has 2 N–H and O–H groups in total. The van der Waals surface area contributed by atoms with Gasteiger partial charge in [0.15, 0.2) is 0 Å². The third-order valence-electron chi connectivity index (χ3n) is 4.38. The van der Waals surface area contributed by atoms with Crippen molar-refractivity contribution in [3.05, 3.63) is 50.3 Å². The zero-order chi connectivity index (χ0) is 19.2. The summed E-state index contributed by atoms with van der Waals surface area (Å²) >= 11 is 7.02. The number of likely N-dealkylation sites (tertiary alicyclic amines) is 1. The summed E-state index contributed by atoms with van der Waals surface area (Å²) in [6.07, 6.45) is 6.02. The molecule has 2 aromatic rings. The molecule has 0 atom stereocenters. The highest BCUT2D eigenvalue weighted by molar-refractivity contribution is 7.17. The highest BCUT2D eigenvalue weighted by Gasteiger charge is 2.24. The second-order valence-electron chi connectivity index (χ2n) is 6.13. The van der Waals surface area contributed by atoms with Crippen molar-refractivity contribution in [2.24, 2.45) is 0 Å². The standard InChI is InChI=1S/C17H20ClN5O3S/c18-14-2-1-13(27-14)16(25)20-5-6-21-17(26)22-8-3-12(4-9-22)23-10-7-19-11-15(23)24/h1-2,7,10-12H,3-6,8-9H2,(H,20,25)(H,21,26). The van der Waals surface area contributed by atoms with Crippen LogP contribution in [0.25, 0.3) is 0 Å². The van der Waals surface area contributed by atoms with Crippen molar-refractivity contribution < 1.29 is 9.59 Å². The molecular weight excluding hydrogens is 390 g/mol. The molecule has 3 rings (SSSR count). The molecule has 1 saturated heterocycles. The summed E-state index contributed by atoms with van der Waals surface area (Å²) in [6, 6.07) is 3.26. The molecule has 2 aromatic heterocycles. The third kappa shape index (κ3) is 5.08. The maximum Gasteiger partial charge on any atom is 0.317 e. The lowest BCUT2D eigenvalue weighted by Crippen LogP contribution is -2.47. The summed E-state index contributed by atoms with van der Waals surface area (Å²) in [6.45, 7) is 1.83. The van der Waals surface area contributed by atoms with Gasteiger partial charge in [-0.2, -0.15) is 0 Å². The Labute approximate surface area is 165 Å². The van der Waals surface area contributed by atoms with E-state index in [1.165, 1.54) is 17.5 Å². The Morgan fingerprint density at radius 1 is 1.22 bits per heavy atom. The average Bonchev–Trinajstić information content (AvgIpc) is 3.12. The number of nitrogens with one attached hydrogen (secondary N) is 2. The molecule has 3 amide bonds. The van der Waals surface area contributed by atoms with E-state index in [9.17, 15) is 14.4 Å². The van der Waals surface area contributed by atoms with Crippen LogP contribution in [0.5, 0.6) is 0 Å². The Kier molecular flexibility index (Phi) is 6.46. The summed E-state index contributed by atoms with van der Waals surface area (Å²) in [5.41, 5.74) is -0.122. The molecule has 144 valence electrons. The zero-order valence-corrected chi connectivity index (χ0v) is 16.1. The van der Waals surface area contributed by atoms with E-state index in [-0.39, 0.29) is 23.5 Å². The summed E-state index contributed by atoms with van der Waals surface area (Å²) in [5, 5.41) is 5.54. The first-order chi connectivity index (χ1) is 13.0. The van der Waals surface area contributed by atoms with Gasteiger partial charge in [-0.1, -0.05) is 11.6 Å². The van der Waals surface area contributed by atoms with Crippen LogP contribution < -0.4 is 16.2 Å². The average molecular weight is 410 g/mol. The molecule has 8 nitrogen and oxygen atoms in total. The van der Waals surface area contributed by atoms with Crippen LogP contribution in [0.3, 0.4) is 0 Å². The van der Waals surface area contributed by atoms with Crippen molar-refractivity contribution in [1.82, 2.24) is 25.1 Å². The van der Waals surface area contributed by atoms with Gasteiger partial charge in [0.25, 0.3) is 11.5 Å². The first kappa shape index (κ1) is 19.4. The molecule has 10 heteroatoms. The quantitative estimate of drug-likeness (QED) is 0.735. The molecule has 0 spiro atoms. The number of thiophene rings is 1. The van der Waals surface area contributed by atoms with Gasteiger partial charge in [-0.3, -0.25) is 14.6 Å². The lowest BCUT2D eigenvalue weighted by Gasteiger charge is -2.32. The molecule has 3 heterocycles. The van der Waals surface area contributed by atoms with E-state index in [0.717, 1.165) is 0 Å². The van der Waals surface area contributed by atoms with Crippen molar-refractivity contribution >= 4 is 34.9 Å². The van der Waals surface area contributed by atoms with Gasteiger partial charge in [0.05, 0.1) is 15.4 Å². The highest BCUT2D eigenvalue weighted by atomic mass is 35.5. The summed E-state index contributed by atoms with van der Waals surface area (Å²) in [7, 11) is 0. The molecule has 1 aliphatic rings. The zero-order valence-electron chi connectivity index (χ0n) is 14.6. The normalized spacial score (nSPS) is 14.8. The van der Waals surface area contributed by atoms with Crippen LogP contribution in [0.2, 0.25) is 4.34 Å². The summed E-state index contributed by atoms with van der Waals surface area (Å²) in [5.74, 6) is -0.204. The number of carbonyl (C=O) groups excluding carboxylic acids is 2. The van der Waals surface area contributed by atoms with Crippen molar-refractivity contribution in [1.29, 1.82) is 0 Å². The van der Waals surface area contributed by atoms with Gasteiger partial charge in [0, 0.05) is 44.6 Å². The van der Waals surface area contributed by atoms with E-state index in [1.54, 1.807) is 34.0 Å². The topological polar surface area (TPSA) is 96.3 Å². The minimum Gasteiger partial charge on any atom is -0.350 e. The number of amides is 3. The van der Waals surface area contributed by atoms with Gasteiger partial charge < -0.3 is 20.1 Å². The lowest BCUT2D eigenvalue weighted by molar-refractivity contribution is 0.0957. The molecule has 0 aromatic carbocycles. The molecule has 1 aliphatic heterocycles. The first-order valence-corrected chi connectivity index (χ1v) is 9.82. The Morgan fingerprint density at radius 2 is 1.96 bits per heavy atom. The Morgan fingerprint density at radius 3 is 2.63 bits per heavy atom. The number of aromatic nitrogens is 2. The van der Waals surface area contributed by atoms with Crippen molar-refractivity contribution in [3.8, 4) is 0 Å². The monoisotopic (exact) mass is 409 g/mol. The number of carbonyl (C=O) groups is 2. The van der Waals surface area contributed by atoms with Gasteiger partial charge in [0.2, 0.25) is 0 Å². The van der Waals surface area contributed by atoms with Gasteiger partial charge in [-0.25, -0.2) is 4.79 Å². The number of piperidine rings is 1. The molecule has 0 bridgehead atoms. The SMILES string of the molecule is O=C(NCCNC(=O)N1CCC(n2ccncc2=O)CC1)c1ccc(Cl)s1. The van der Waals surface area contributed by atoms with Crippen LogP contribution in [-0.4, -0.2) is 52.6 Å². The highest BCUT2D eigenvalue weighted by Crippen LogP contribution is 2.21. The summed E-state index contributed by atoms with van der Waals surface area (Å²) in [4.78, 5) is 42.0. The number of nitrogens with zero attached hydrogens (tertiary/aromatic N) is 3. The molecule has 1 fully saturated rings. The van der Waals surface area contributed by atoms with Gasteiger partial charge in [-0.15, -0.1) is 11.3 Å². The van der Waals surface area contributed by atoms with Crippen molar-refractivity contribution in [2.75, 3.05) is 26.2 Å². The van der Waals surface area contributed by atoms with Crippen LogP contribution in [0.4, 0.5) is 4.79 Å². The van der Waals surface area contributed by atoms with Crippen LogP contribution in [0.1, 0.15) is 28.6 Å². The predicted molar refractivity (Wildman–Crippen MR) is 103 cm³/mol.